The van der Waals surface area contributed by atoms with E-state index in [4.69, 9.17) is 4.74 Å². The Morgan fingerprint density at radius 2 is 2.00 bits per heavy atom. The number of benzene rings is 2. The first-order chi connectivity index (χ1) is 13.6. The van der Waals surface area contributed by atoms with E-state index in [1.54, 1.807) is 19.4 Å². The first-order valence-electron chi connectivity index (χ1n) is 9.36. The summed E-state index contributed by atoms with van der Waals surface area (Å²) in [7, 11) is 1.59. The van der Waals surface area contributed by atoms with Gasteiger partial charge in [0.2, 0.25) is 0 Å². The number of para-hydroxylation sites is 1. The summed E-state index contributed by atoms with van der Waals surface area (Å²) in [5.41, 5.74) is 5.58. The summed E-state index contributed by atoms with van der Waals surface area (Å²) < 4.78 is 5.33. The third kappa shape index (κ3) is 3.31. The van der Waals surface area contributed by atoms with Crippen LogP contribution in [0.25, 0.3) is 0 Å². The number of amides is 1. The van der Waals surface area contributed by atoms with Crippen LogP contribution < -0.4 is 15.0 Å². The Morgan fingerprint density at radius 1 is 1.18 bits per heavy atom. The lowest BCUT2D eigenvalue weighted by atomic mass is 10.1. The van der Waals surface area contributed by atoms with Crippen LogP contribution in [0.15, 0.2) is 60.8 Å². The summed E-state index contributed by atoms with van der Waals surface area (Å²) in [4.78, 5) is 19.3. The summed E-state index contributed by atoms with van der Waals surface area (Å²) in [6, 6.07) is 18.1. The van der Waals surface area contributed by atoms with Crippen molar-refractivity contribution in [2.45, 2.75) is 26.3 Å². The number of ether oxygens (including phenoxy) is 1. The molecule has 2 aromatic carbocycles. The van der Waals surface area contributed by atoms with Gasteiger partial charge in [-0.2, -0.15) is 0 Å². The number of rotatable bonds is 4. The van der Waals surface area contributed by atoms with Crippen molar-refractivity contribution in [2.24, 2.45) is 0 Å². The van der Waals surface area contributed by atoms with Crippen LogP contribution in [0.1, 0.15) is 28.5 Å². The molecule has 0 saturated heterocycles. The fraction of sp³-hybridized carbons (Fsp3) is 0.217. The molecule has 1 unspecified atom stereocenters. The highest BCUT2D eigenvalue weighted by molar-refractivity contribution is 6.03. The Balaban J connectivity index is 1.56. The number of anilines is 3. The molecule has 1 aliphatic heterocycles. The molecule has 1 amide bonds. The van der Waals surface area contributed by atoms with E-state index in [1.807, 2.05) is 37.3 Å². The minimum absolute atomic E-state index is 0.259. The van der Waals surface area contributed by atoms with Gasteiger partial charge in [-0.3, -0.25) is 4.79 Å². The van der Waals surface area contributed by atoms with Crippen molar-refractivity contribution in [3.05, 3.63) is 77.6 Å². The zero-order valence-electron chi connectivity index (χ0n) is 16.3. The number of fused-ring (bicyclic) bond motifs is 1. The molecule has 4 rings (SSSR count). The Morgan fingerprint density at radius 3 is 2.75 bits per heavy atom. The van der Waals surface area contributed by atoms with Crippen LogP contribution in [0.2, 0.25) is 0 Å². The van der Waals surface area contributed by atoms with E-state index in [1.165, 1.54) is 11.3 Å². The van der Waals surface area contributed by atoms with Crippen LogP contribution in [0, 0.1) is 6.92 Å². The lowest BCUT2D eigenvalue weighted by molar-refractivity contribution is 0.102. The van der Waals surface area contributed by atoms with Gasteiger partial charge in [-0.1, -0.05) is 24.3 Å². The maximum atomic E-state index is 12.6. The highest BCUT2D eigenvalue weighted by Gasteiger charge is 2.27. The molecule has 0 bridgehead atoms. The minimum atomic E-state index is -0.259. The first-order valence-corrected chi connectivity index (χ1v) is 9.36. The normalized spacial score (nSPS) is 15.2. The summed E-state index contributed by atoms with van der Waals surface area (Å²) in [6.07, 6.45) is 2.77. The van der Waals surface area contributed by atoms with E-state index >= 15 is 0 Å². The maximum Gasteiger partial charge on any atom is 0.274 e. The number of nitrogens with zero attached hydrogens (tertiary/aromatic N) is 2. The van der Waals surface area contributed by atoms with Crippen LogP contribution in [0.5, 0.6) is 5.75 Å². The molecule has 1 atom stereocenters. The molecule has 142 valence electrons. The predicted octanol–water partition coefficient (Wildman–Crippen LogP) is 4.73. The van der Waals surface area contributed by atoms with Crippen molar-refractivity contribution < 1.29 is 9.53 Å². The zero-order valence-corrected chi connectivity index (χ0v) is 16.3. The van der Waals surface area contributed by atoms with Crippen molar-refractivity contribution in [1.82, 2.24) is 4.98 Å². The lowest BCUT2D eigenvalue weighted by Crippen LogP contribution is -2.24. The van der Waals surface area contributed by atoms with Crippen LogP contribution in [0.4, 0.5) is 17.1 Å². The van der Waals surface area contributed by atoms with E-state index in [2.05, 4.69) is 40.3 Å². The molecule has 0 aliphatic carbocycles. The molecule has 0 saturated carbocycles. The number of aromatic nitrogens is 1. The Labute approximate surface area is 165 Å². The van der Waals surface area contributed by atoms with Gasteiger partial charge in [0.1, 0.15) is 11.4 Å². The molecule has 0 fully saturated rings. The van der Waals surface area contributed by atoms with Crippen molar-refractivity contribution in [3.63, 3.8) is 0 Å². The smallest absolute Gasteiger partial charge is 0.274 e. The van der Waals surface area contributed by atoms with Crippen LogP contribution in [-0.4, -0.2) is 24.0 Å². The van der Waals surface area contributed by atoms with Crippen LogP contribution >= 0.6 is 0 Å². The number of hydrogen-bond acceptors (Lipinski definition) is 4. The number of carbonyl (C=O) groups is 1. The number of pyridine rings is 1. The topological polar surface area (TPSA) is 54.5 Å². The molecule has 28 heavy (non-hydrogen) atoms. The fourth-order valence-electron chi connectivity index (χ4n) is 3.73. The maximum absolute atomic E-state index is 12.6. The molecular weight excluding hydrogens is 350 g/mol. The second kappa shape index (κ2) is 7.35. The van der Waals surface area contributed by atoms with Crippen LogP contribution in [0.3, 0.4) is 0 Å². The van der Waals surface area contributed by atoms with Crippen LogP contribution in [-0.2, 0) is 6.42 Å². The van der Waals surface area contributed by atoms with Gasteiger partial charge in [-0.25, -0.2) is 4.98 Å². The number of carbonyl (C=O) groups excluding carboxylic acids is 1. The molecule has 1 aliphatic rings. The summed E-state index contributed by atoms with van der Waals surface area (Å²) >= 11 is 0. The van der Waals surface area contributed by atoms with E-state index in [0.29, 0.717) is 23.2 Å². The number of hydrogen-bond donors (Lipinski definition) is 1. The average Bonchev–Trinajstić information content (AvgIpc) is 3.04. The van der Waals surface area contributed by atoms with Gasteiger partial charge in [0.25, 0.3) is 5.91 Å². The first kappa shape index (κ1) is 18.0. The zero-order chi connectivity index (χ0) is 19.7. The highest BCUT2D eigenvalue weighted by atomic mass is 16.5. The third-order valence-corrected chi connectivity index (χ3v) is 5.07. The summed E-state index contributed by atoms with van der Waals surface area (Å²) in [5.74, 6) is 0.364. The average molecular weight is 373 g/mol. The van der Waals surface area contributed by atoms with Gasteiger partial charge in [0, 0.05) is 11.7 Å². The molecule has 3 aromatic rings. The Bertz CT molecular complexity index is 1010. The third-order valence-electron chi connectivity index (χ3n) is 5.07. The molecule has 2 heterocycles. The summed E-state index contributed by atoms with van der Waals surface area (Å²) in [6.45, 7) is 4.17. The van der Waals surface area contributed by atoms with E-state index < -0.39 is 0 Å². The van der Waals surface area contributed by atoms with Gasteiger partial charge in [0.15, 0.2) is 0 Å². The quantitative estimate of drug-likeness (QED) is 0.718. The SMILES string of the molecule is COc1ccc(C)cc1NC(=O)c1ccc(N2c3ccccc3CC2C)cn1. The van der Waals surface area contributed by atoms with Gasteiger partial charge in [-0.05, 0) is 61.7 Å². The molecule has 0 spiro atoms. The standard InChI is InChI=1S/C23H23N3O2/c1-15-8-11-22(28-3)20(12-15)25-23(27)19-10-9-18(14-24-19)26-16(2)13-17-6-4-5-7-21(17)26/h4-12,14,16H,13H2,1-3H3,(H,25,27). The molecule has 1 N–H and O–H groups in total. The van der Waals surface area contributed by atoms with Crippen molar-refractivity contribution >= 4 is 23.0 Å². The molecular formula is C23H23N3O2. The Kier molecular flexibility index (Phi) is 4.74. The second-order valence-electron chi connectivity index (χ2n) is 7.11. The largest absolute Gasteiger partial charge is 0.495 e. The molecule has 5 heteroatoms. The highest BCUT2D eigenvalue weighted by Crippen LogP contribution is 2.37. The van der Waals surface area contributed by atoms with E-state index in [0.717, 1.165) is 17.7 Å². The number of nitrogens with one attached hydrogen (secondary N) is 1. The fourth-order valence-corrected chi connectivity index (χ4v) is 3.73. The van der Waals surface area contributed by atoms with Gasteiger partial charge >= 0.3 is 0 Å². The van der Waals surface area contributed by atoms with Gasteiger partial charge < -0.3 is 15.0 Å². The monoisotopic (exact) mass is 373 g/mol. The van der Waals surface area contributed by atoms with Crippen molar-refractivity contribution in [1.29, 1.82) is 0 Å². The van der Waals surface area contributed by atoms with Crippen molar-refractivity contribution in [2.75, 3.05) is 17.3 Å². The summed E-state index contributed by atoms with van der Waals surface area (Å²) in [5, 5.41) is 2.89. The predicted molar refractivity (Wildman–Crippen MR) is 112 cm³/mol. The molecule has 5 nitrogen and oxygen atoms in total. The Hall–Kier alpha value is -3.34. The molecule has 1 aromatic heterocycles. The van der Waals surface area contributed by atoms with E-state index in [9.17, 15) is 4.79 Å². The number of aryl methyl sites for hydroxylation is 1. The molecule has 0 radical (unpaired) electrons. The second-order valence-corrected chi connectivity index (χ2v) is 7.11. The van der Waals surface area contributed by atoms with Crippen molar-refractivity contribution in [3.8, 4) is 5.75 Å². The minimum Gasteiger partial charge on any atom is -0.495 e. The van der Waals surface area contributed by atoms with Gasteiger partial charge in [-0.15, -0.1) is 0 Å². The lowest BCUT2D eigenvalue weighted by Gasteiger charge is -2.24. The number of methoxy groups -OCH3 is 1. The van der Waals surface area contributed by atoms with E-state index in [-0.39, 0.29) is 5.91 Å². The van der Waals surface area contributed by atoms with Gasteiger partial charge in [0.05, 0.1) is 24.7 Å².